The van der Waals surface area contributed by atoms with Crippen molar-refractivity contribution in [3.63, 3.8) is 0 Å². The van der Waals surface area contributed by atoms with Crippen molar-refractivity contribution >= 4 is 26.0 Å². The first-order chi connectivity index (χ1) is 11.4. The van der Waals surface area contributed by atoms with Crippen LogP contribution in [0.3, 0.4) is 0 Å². The van der Waals surface area contributed by atoms with Gasteiger partial charge in [-0.2, -0.15) is 0 Å². The monoisotopic (exact) mass is 390 g/mol. The van der Waals surface area contributed by atoms with Gasteiger partial charge in [-0.05, 0) is 45.2 Å². The smallest absolute Gasteiger partial charge is 0.303 e. The van der Waals surface area contributed by atoms with Gasteiger partial charge in [-0.15, -0.1) is 0 Å². The number of rotatable bonds is 9. The van der Waals surface area contributed by atoms with E-state index in [0.717, 1.165) is 12.8 Å². The molecule has 1 aromatic rings. The summed E-state index contributed by atoms with van der Waals surface area (Å²) in [5.41, 5.74) is -1.04. The lowest BCUT2D eigenvalue weighted by Crippen LogP contribution is -2.44. The number of sulfonamides is 2. The highest BCUT2D eigenvalue weighted by molar-refractivity contribution is 7.92. The average molecular weight is 390 g/mol. The molecule has 1 fully saturated rings. The van der Waals surface area contributed by atoms with E-state index in [9.17, 15) is 21.6 Å². The maximum absolute atomic E-state index is 12.7. The molecule has 0 aliphatic heterocycles. The first kappa shape index (κ1) is 19.8. The Morgan fingerprint density at radius 3 is 2.12 bits per heavy atom. The maximum atomic E-state index is 12.7. The topological polar surface area (TPSA) is 130 Å². The van der Waals surface area contributed by atoms with Crippen LogP contribution in [0, 0.1) is 0 Å². The van der Waals surface area contributed by atoms with E-state index in [1.807, 2.05) is 0 Å². The van der Waals surface area contributed by atoms with E-state index in [-0.39, 0.29) is 28.7 Å². The number of nitrogens with one attached hydrogen (secondary N) is 2. The van der Waals surface area contributed by atoms with Crippen molar-refractivity contribution in [2.75, 3.05) is 0 Å². The zero-order chi connectivity index (χ0) is 18.9. The molecule has 0 unspecified atom stereocenters. The lowest BCUT2D eigenvalue weighted by atomic mass is 10.0. The Bertz CT molecular complexity index is 858. The Morgan fingerprint density at radius 2 is 1.64 bits per heavy atom. The second-order valence-corrected chi connectivity index (χ2v) is 10.1. The molecule has 0 atom stereocenters. The second kappa shape index (κ2) is 7.02. The normalized spacial score (nSPS) is 15.9. The molecular formula is C15H22N2O6S2. The summed E-state index contributed by atoms with van der Waals surface area (Å²) in [7, 11) is -8.11. The van der Waals surface area contributed by atoms with Gasteiger partial charge in [0.1, 0.15) is 9.79 Å². The number of carboxylic acids is 1. The molecule has 140 valence electrons. The lowest BCUT2D eigenvalue weighted by Gasteiger charge is -2.26. The zero-order valence-electron chi connectivity index (χ0n) is 14.0. The third-order valence-electron chi connectivity index (χ3n) is 3.70. The van der Waals surface area contributed by atoms with Gasteiger partial charge in [0.15, 0.2) is 0 Å². The Hall–Kier alpha value is -1.49. The zero-order valence-corrected chi connectivity index (χ0v) is 15.7. The summed E-state index contributed by atoms with van der Waals surface area (Å²) in [5.74, 6) is -1.04. The van der Waals surface area contributed by atoms with Gasteiger partial charge in [0.05, 0.1) is 0 Å². The molecule has 1 aromatic carbocycles. The summed E-state index contributed by atoms with van der Waals surface area (Å²) in [6.45, 7) is 3.10. The fraction of sp³-hybridized carbons (Fsp3) is 0.533. The van der Waals surface area contributed by atoms with Gasteiger partial charge in [-0.25, -0.2) is 26.3 Å². The lowest BCUT2D eigenvalue weighted by molar-refractivity contribution is -0.137. The summed E-state index contributed by atoms with van der Waals surface area (Å²) in [5, 5.41) is 8.77. The van der Waals surface area contributed by atoms with Gasteiger partial charge in [0.25, 0.3) is 0 Å². The minimum atomic E-state index is -4.16. The van der Waals surface area contributed by atoms with E-state index in [1.165, 1.54) is 24.3 Å². The summed E-state index contributed by atoms with van der Waals surface area (Å²) >= 11 is 0. The predicted molar refractivity (Wildman–Crippen MR) is 91.1 cm³/mol. The van der Waals surface area contributed by atoms with E-state index in [1.54, 1.807) is 13.8 Å². The van der Waals surface area contributed by atoms with Crippen molar-refractivity contribution in [2.24, 2.45) is 0 Å². The molecule has 0 heterocycles. The Labute approximate surface area is 147 Å². The molecule has 10 heteroatoms. The van der Waals surface area contributed by atoms with Crippen LogP contribution in [0.1, 0.15) is 39.5 Å². The fourth-order valence-corrected chi connectivity index (χ4v) is 5.85. The highest BCUT2D eigenvalue weighted by Crippen LogP contribution is 2.26. The van der Waals surface area contributed by atoms with E-state index < -0.39 is 31.6 Å². The van der Waals surface area contributed by atoms with Crippen LogP contribution in [-0.4, -0.2) is 39.5 Å². The van der Waals surface area contributed by atoms with Crippen LogP contribution in [-0.2, 0) is 24.8 Å². The quantitative estimate of drug-likeness (QED) is 0.578. The number of aliphatic carboxylic acids is 1. The molecule has 2 rings (SSSR count). The third-order valence-corrected chi connectivity index (χ3v) is 7.17. The van der Waals surface area contributed by atoms with Crippen molar-refractivity contribution in [1.82, 2.24) is 9.44 Å². The Morgan fingerprint density at radius 1 is 1.12 bits per heavy atom. The standard InChI is InChI=1S/C15H22N2O6S2/c1-15(2,10-9-14(18)19)17-25(22,23)13-6-4-3-5-12(13)24(20,21)16-11-7-8-11/h3-6,11,16-17H,7-10H2,1-2H3,(H,18,19). The van der Waals surface area contributed by atoms with Crippen LogP contribution in [0.25, 0.3) is 0 Å². The van der Waals surface area contributed by atoms with E-state index in [0.29, 0.717) is 0 Å². The molecule has 8 nitrogen and oxygen atoms in total. The second-order valence-electron chi connectivity index (χ2n) is 6.73. The molecule has 1 aliphatic rings. The number of carbonyl (C=O) groups is 1. The van der Waals surface area contributed by atoms with Crippen molar-refractivity contribution < 1.29 is 26.7 Å². The molecule has 0 aromatic heterocycles. The van der Waals surface area contributed by atoms with Gasteiger partial charge in [0.2, 0.25) is 20.0 Å². The fourth-order valence-electron chi connectivity index (χ4n) is 2.27. The summed E-state index contributed by atoms with van der Waals surface area (Å²) in [4.78, 5) is 10.0. The molecule has 1 aliphatic carbocycles. The largest absolute Gasteiger partial charge is 0.481 e. The van der Waals surface area contributed by atoms with Gasteiger partial charge in [0, 0.05) is 18.0 Å². The van der Waals surface area contributed by atoms with Crippen LogP contribution in [0.2, 0.25) is 0 Å². The predicted octanol–water partition coefficient (Wildman–Crippen LogP) is 1.05. The highest BCUT2D eigenvalue weighted by Gasteiger charge is 2.34. The molecule has 0 bridgehead atoms. The van der Waals surface area contributed by atoms with Crippen molar-refractivity contribution in [1.29, 1.82) is 0 Å². The maximum Gasteiger partial charge on any atom is 0.303 e. The number of benzene rings is 1. The van der Waals surface area contributed by atoms with E-state index in [2.05, 4.69) is 9.44 Å². The Balaban J connectivity index is 2.32. The Kier molecular flexibility index (Phi) is 5.57. The van der Waals surface area contributed by atoms with Gasteiger partial charge in [-0.1, -0.05) is 12.1 Å². The summed E-state index contributed by atoms with van der Waals surface area (Å²) < 4.78 is 55.2. The summed E-state index contributed by atoms with van der Waals surface area (Å²) in [6.07, 6.45) is 1.32. The molecule has 25 heavy (non-hydrogen) atoms. The molecule has 1 saturated carbocycles. The van der Waals surface area contributed by atoms with E-state index >= 15 is 0 Å². The molecule has 0 spiro atoms. The van der Waals surface area contributed by atoms with Crippen LogP contribution in [0.5, 0.6) is 0 Å². The molecule has 0 saturated heterocycles. The average Bonchev–Trinajstić information content (AvgIpc) is 3.27. The molecular weight excluding hydrogens is 368 g/mol. The molecule has 0 radical (unpaired) electrons. The summed E-state index contributed by atoms with van der Waals surface area (Å²) in [6, 6.07) is 5.20. The number of hydrogen-bond acceptors (Lipinski definition) is 5. The van der Waals surface area contributed by atoms with Crippen LogP contribution >= 0.6 is 0 Å². The minimum Gasteiger partial charge on any atom is -0.481 e. The van der Waals surface area contributed by atoms with Gasteiger partial charge < -0.3 is 5.11 Å². The number of carboxylic acid groups (broad SMARTS) is 1. The van der Waals surface area contributed by atoms with Crippen LogP contribution < -0.4 is 9.44 Å². The first-order valence-corrected chi connectivity index (χ1v) is 10.8. The van der Waals surface area contributed by atoms with Gasteiger partial charge >= 0.3 is 5.97 Å². The van der Waals surface area contributed by atoms with Crippen molar-refractivity contribution in [3.05, 3.63) is 24.3 Å². The van der Waals surface area contributed by atoms with Crippen LogP contribution in [0.15, 0.2) is 34.1 Å². The van der Waals surface area contributed by atoms with Crippen molar-refractivity contribution in [2.45, 2.75) is 60.9 Å². The molecule has 3 N–H and O–H groups in total. The van der Waals surface area contributed by atoms with Crippen LogP contribution in [0.4, 0.5) is 0 Å². The van der Waals surface area contributed by atoms with E-state index in [4.69, 9.17) is 5.11 Å². The third kappa shape index (κ3) is 5.50. The number of hydrogen-bond donors (Lipinski definition) is 3. The first-order valence-electron chi connectivity index (χ1n) is 7.80. The SMILES string of the molecule is CC(C)(CCC(=O)O)NS(=O)(=O)c1ccccc1S(=O)(=O)NC1CC1. The van der Waals surface area contributed by atoms with Gasteiger partial charge in [-0.3, -0.25) is 4.79 Å². The highest BCUT2D eigenvalue weighted by atomic mass is 32.2. The minimum absolute atomic E-state index is 0.0663. The van der Waals surface area contributed by atoms with Crippen molar-refractivity contribution in [3.8, 4) is 0 Å². The molecule has 0 amide bonds.